The molecule has 0 aliphatic heterocycles. The van der Waals surface area contributed by atoms with Crippen LogP contribution in [-0.4, -0.2) is 6.61 Å². The third-order valence-electron chi connectivity index (χ3n) is 1.46. The summed E-state index contributed by atoms with van der Waals surface area (Å²) in [7, 11) is 0. The van der Waals surface area contributed by atoms with Gasteiger partial charge >= 0.3 is 6.61 Å². The molecule has 0 aromatic heterocycles. The molecular formula is C8H5Br3F2O. The fourth-order valence-electron chi connectivity index (χ4n) is 0.880. The van der Waals surface area contributed by atoms with Crippen LogP contribution in [0.3, 0.4) is 0 Å². The molecule has 0 bridgehead atoms. The van der Waals surface area contributed by atoms with E-state index in [0.29, 0.717) is 15.4 Å². The molecule has 0 heterocycles. The Hall–Kier alpha value is 0.320. The number of hydrogen-bond acceptors (Lipinski definition) is 1. The molecular weight excluding hydrogens is 390 g/mol. The molecule has 0 aliphatic rings. The minimum atomic E-state index is -2.80. The molecule has 1 nitrogen and oxygen atoms in total. The van der Waals surface area contributed by atoms with Gasteiger partial charge in [0.15, 0.2) is 0 Å². The lowest BCUT2D eigenvalue weighted by Gasteiger charge is -2.10. The van der Waals surface area contributed by atoms with E-state index in [-0.39, 0.29) is 5.75 Å². The minimum Gasteiger partial charge on any atom is -0.434 e. The third kappa shape index (κ3) is 3.17. The van der Waals surface area contributed by atoms with Gasteiger partial charge in [-0.25, -0.2) is 0 Å². The van der Waals surface area contributed by atoms with E-state index in [2.05, 4.69) is 52.5 Å². The van der Waals surface area contributed by atoms with Crippen LogP contribution < -0.4 is 4.74 Å². The van der Waals surface area contributed by atoms with E-state index in [0.717, 1.165) is 4.47 Å². The van der Waals surface area contributed by atoms with Crippen LogP contribution >= 0.6 is 47.8 Å². The fraction of sp³-hybridized carbons (Fsp3) is 0.250. The Labute approximate surface area is 105 Å². The van der Waals surface area contributed by atoms with E-state index in [4.69, 9.17) is 0 Å². The van der Waals surface area contributed by atoms with Crippen LogP contribution in [0.1, 0.15) is 5.56 Å². The first-order valence-corrected chi connectivity index (χ1v) is 6.24. The van der Waals surface area contributed by atoms with Crippen LogP contribution in [0.5, 0.6) is 5.75 Å². The van der Waals surface area contributed by atoms with E-state index >= 15 is 0 Å². The van der Waals surface area contributed by atoms with Crippen molar-refractivity contribution in [3.63, 3.8) is 0 Å². The van der Waals surface area contributed by atoms with Crippen LogP contribution in [0, 0.1) is 0 Å². The third-order valence-corrected chi connectivity index (χ3v) is 3.91. The Morgan fingerprint density at radius 2 is 1.79 bits per heavy atom. The topological polar surface area (TPSA) is 9.23 Å². The largest absolute Gasteiger partial charge is 0.434 e. The minimum absolute atomic E-state index is 0.173. The van der Waals surface area contributed by atoms with Crippen LogP contribution in [0.2, 0.25) is 0 Å². The Bertz CT molecular complexity index is 331. The second kappa shape index (κ2) is 5.42. The molecule has 0 fully saturated rings. The number of halogens is 5. The molecule has 0 saturated heterocycles. The standard InChI is InChI=1S/C8H5Br3F2O/c9-3-4-1-5(10)6(11)2-7(4)14-8(12)13/h1-2,8H,3H2. The summed E-state index contributed by atoms with van der Waals surface area (Å²) < 4.78 is 29.8. The number of ether oxygens (including phenoxy) is 1. The highest BCUT2D eigenvalue weighted by Crippen LogP contribution is 2.33. The lowest BCUT2D eigenvalue weighted by atomic mass is 10.2. The van der Waals surface area contributed by atoms with Crippen molar-refractivity contribution < 1.29 is 13.5 Å². The molecule has 1 aromatic rings. The zero-order chi connectivity index (χ0) is 10.7. The number of alkyl halides is 3. The van der Waals surface area contributed by atoms with Crippen LogP contribution in [-0.2, 0) is 5.33 Å². The van der Waals surface area contributed by atoms with Gasteiger partial charge in [0, 0.05) is 19.8 Å². The monoisotopic (exact) mass is 392 g/mol. The van der Waals surface area contributed by atoms with Gasteiger partial charge < -0.3 is 4.74 Å². The van der Waals surface area contributed by atoms with Crippen molar-refractivity contribution in [1.29, 1.82) is 0 Å². The molecule has 0 amide bonds. The summed E-state index contributed by atoms with van der Waals surface area (Å²) >= 11 is 9.68. The number of rotatable bonds is 3. The maximum absolute atomic E-state index is 12.0. The van der Waals surface area contributed by atoms with Gasteiger partial charge in [0.25, 0.3) is 0 Å². The Balaban J connectivity index is 3.07. The van der Waals surface area contributed by atoms with Gasteiger partial charge in [-0.1, -0.05) is 15.9 Å². The summed E-state index contributed by atoms with van der Waals surface area (Å²) in [5.74, 6) is 0.173. The van der Waals surface area contributed by atoms with Crippen molar-refractivity contribution in [2.45, 2.75) is 11.9 Å². The zero-order valence-corrected chi connectivity index (χ0v) is 11.5. The average Bonchev–Trinajstić information content (AvgIpc) is 2.10. The summed E-state index contributed by atoms with van der Waals surface area (Å²) in [6, 6.07) is 3.23. The second-order valence-corrected chi connectivity index (χ2v) is 4.66. The molecule has 1 aromatic carbocycles. The fourth-order valence-corrected chi connectivity index (χ4v) is 2.03. The highest BCUT2D eigenvalue weighted by molar-refractivity contribution is 9.13. The molecule has 14 heavy (non-hydrogen) atoms. The summed E-state index contributed by atoms with van der Waals surface area (Å²) in [5, 5.41) is 0.459. The summed E-state index contributed by atoms with van der Waals surface area (Å²) in [6.07, 6.45) is 0. The van der Waals surface area contributed by atoms with Crippen LogP contribution in [0.15, 0.2) is 21.1 Å². The van der Waals surface area contributed by atoms with Gasteiger partial charge in [-0.3, -0.25) is 0 Å². The van der Waals surface area contributed by atoms with E-state index < -0.39 is 6.61 Å². The lowest BCUT2D eigenvalue weighted by Crippen LogP contribution is -2.04. The molecule has 1 rings (SSSR count). The normalized spacial score (nSPS) is 10.7. The first-order valence-electron chi connectivity index (χ1n) is 3.53. The molecule has 0 spiro atoms. The predicted octanol–water partition coefficient (Wildman–Crippen LogP) is 4.71. The highest BCUT2D eigenvalue weighted by Gasteiger charge is 2.11. The quantitative estimate of drug-likeness (QED) is 0.675. The van der Waals surface area contributed by atoms with E-state index in [1.165, 1.54) is 6.07 Å². The molecule has 0 saturated carbocycles. The Morgan fingerprint density at radius 1 is 1.21 bits per heavy atom. The molecule has 6 heteroatoms. The van der Waals surface area contributed by atoms with Gasteiger partial charge in [0.1, 0.15) is 5.75 Å². The molecule has 0 atom stereocenters. The van der Waals surface area contributed by atoms with Crippen molar-refractivity contribution in [2.24, 2.45) is 0 Å². The van der Waals surface area contributed by atoms with Gasteiger partial charge in [0.2, 0.25) is 0 Å². The molecule has 78 valence electrons. The zero-order valence-electron chi connectivity index (χ0n) is 6.74. The Morgan fingerprint density at radius 3 is 2.29 bits per heavy atom. The summed E-state index contributed by atoms with van der Waals surface area (Å²) in [5.41, 5.74) is 0.667. The summed E-state index contributed by atoms with van der Waals surface area (Å²) in [6.45, 7) is -2.80. The van der Waals surface area contributed by atoms with Gasteiger partial charge in [-0.2, -0.15) is 8.78 Å². The van der Waals surface area contributed by atoms with E-state index in [1.807, 2.05) is 0 Å². The van der Waals surface area contributed by atoms with E-state index in [9.17, 15) is 8.78 Å². The maximum Gasteiger partial charge on any atom is 0.387 e. The molecule has 0 aliphatic carbocycles. The first kappa shape index (κ1) is 12.4. The van der Waals surface area contributed by atoms with Crippen molar-refractivity contribution in [1.82, 2.24) is 0 Å². The van der Waals surface area contributed by atoms with Crippen molar-refractivity contribution >= 4 is 47.8 Å². The SMILES string of the molecule is FC(F)Oc1cc(Br)c(Br)cc1CBr. The van der Waals surface area contributed by atoms with Crippen LogP contribution in [0.4, 0.5) is 8.78 Å². The maximum atomic E-state index is 12.0. The number of hydrogen-bond donors (Lipinski definition) is 0. The van der Waals surface area contributed by atoms with Gasteiger partial charge in [-0.15, -0.1) is 0 Å². The first-order chi connectivity index (χ1) is 6.54. The molecule has 0 radical (unpaired) electrons. The average molecular weight is 395 g/mol. The molecule has 0 unspecified atom stereocenters. The van der Waals surface area contributed by atoms with Crippen LogP contribution in [0.25, 0.3) is 0 Å². The summed E-state index contributed by atoms with van der Waals surface area (Å²) in [4.78, 5) is 0. The second-order valence-electron chi connectivity index (χ2n) is 2.39. The lowest BCUT2D eigenvalue weighted by molar-refractivity contribution is -0.0503. The van der Waals surface area contributed by atoms with Crippen molar-refractivity contribution in [3.8, 4) is 5.75 Å². The molecule has 0 N–H and O–H groups in total. The van der Waals surface area contributed by atoms with E-state index in [1.54, 1.807) is 6.07 Å². The van der Waals surface area contributed by atoms with Gasteiger partial charge in [-0.05, 0) is 44.0 Å². The van der Waals surface area contributed by atoms with Gasteiger partial charge in [0.05, 0.1) is 0 Å². The predicted molar refractivity (Wildman–Crippen MR) is 61.1 cm³/mol. The van der Waals surface area contributed by atoms with Crippen molar-refractivity contribution in [2.75, 3.05) is 0 Å². The smallest absolute Gasteiger partial charge is 0.387 e. The Kier molecular flexibility index (Phi) is 4.79. The highest BCUT2D eigenvalue weighted by atomic mass is 79.9. The number of benzene rings is 1. The van der Waals surface area contributed by atoms with Crippen molar-refractivity contribution in [3.05, 3.63) is 26.6 Å².